The maximum Gasteiger partial charge on any atom is 0.248 e. The lowest BCUT2D eigenvalue weighted by molar-refractivity contribution is 1.16. The normalized spacial score (nSPS) is 11.3. The number of H-pyrrole nitrogens is 2. The molecule has 3 nitrogen and oxygen atoms in total. The van der Waals surface area contributed by atoms with Gasteiger partial charge in [-0.1, -0.05) is 18.2 Å². The number of aryl methyl sites for hydroxylation is 1. The Morgan fingerprint density at radius 3 is 2.73 bits per heavy atom. The number of aromatic nitrogens is 2. The molecule has 2 aromatic heterocycles. The van der Waals surface area contributed by atoms with Crippen molar-refractivity contribution < 1.29 is 0 Å². The lowest BCUT2D eigenvalue weighted by atomic mass is 10.2. The van der Waals surface area contributed by atoms with Crippen LogP contribution >= 0.6 is 0 Å². The molecule has 2 heterocycles. The van der Waals surface area contributed by atoms with Crippen molar-refractivity contribution in [2.24, 2.45) is 0 Å². The summed E-state index contributed by atoms with van der Waals surface area (Å²) in [4.78, 5) is 17.5. The van der Waals surface area contributed by atoms with Crippen molar-refractivity contribution in [3.05, 3.63) is 46.4 Å². The summed E-state index contributed by atoms with van der Waals surface area (Å²) in [6.07, 6.45) is 0. The zero-order valence-corrected chi connectivity index (χ0v) is 8.29. The molecule has 0 fully saturated rings. The molecule has 0 aliphatic rings. The number of fused-ring (bicyclic) bond motifs is 3. The minimum atomic E-state index is -0.0512. The van der Waals surface area contributed by atoms with Crippen molar-refractivity contribution in [1.29, 1.82) is 0 Å². The van der Waals surface area contributed by atoms with Crippen LogP contribution in [0.4, 0.5) is 0 Å². The first kappa shape index (κ1) is 8.29. The lowest BCUT2D eigenvalue weighted by Gasteiger charge is -1.94. The molecule has 0 aliphatic heterocycles. The quantitative estimate of drug-likeness (QED) is 0.572. The highest BCUT2D eigenvalue weighted by atomic mass is 16.1. The number of nitrogens with one attached hydrogen (secondary N) is 2. The Morgan fingerprint density at radius 2 is 1.87 bits per heavy atom. The van der Waals surface area contributed by atoms with Crippen LogP contribution in [0.25, 0.3) is 21.8 Å². The first-order valence-corrected chi connectivity index (χ1v) is 4.86. The van der Waals surface area contributed by atoms with Crippen molar-refractivity contribution in [3.8, 4) is 0 Å². The molecule has 0 bridgehead atoms. The van der Waals surface area contributed by atoms with Gasteiger partial charge >= 0.3 is 0 Å². The summed E-state index contributed by atoms with van der Waals surface area (Å²) in [6.45, 7) is 1.90. The molecule has 0 saturated heterocycles. The van der Waals surface area contributed by atoms with E-state index in [-0.39, 0.29) is 5.56 Å². The molecule has 74 valence electrons. The van der Waals surface area contributed by atoms with E-state index in [0.29, 0.717) is 0 Å². The molecular weight excluding hydrogens is 188 g/mol. The Labute approximate surface area is 85.8 Å². The largest absolute Gasteiger partial charge is 0.353 e. The molecule has 15 heavy (non-hydrogen) atoms. The van der Waals surface area contributed by atoms with Gasteiger partial charge in [0.2, 0.25) is 5.56 Å². The number of rotatable bonds is 0. The van der Waals surface area contributed by atoms with Gasteiger partial charge in [0, 0.05) is 28.0 Å². The predicted molar refractivity (Wildman–Crippen MR) is 61.2 cm³/mol. The van der Waals surface area contributed by atoms with Crippen LogP contribution < -0.4 is 5.56 Å². The van der Waals surface area contributed by atoms with Crippen LogP contribution in [-0.2, 0) is 0 Å². The number of para-hydroxylation sites is 1. The zero-order valence-electron chi connectivity index (χ0n) is 8.29. The van der Waals surface area contributed by atoms with E-state index in [4.69, 9.17) is 0 Å². The van der Waals surface area contributed by atoms with E-state index in [0.717, 1.165) is 27.5 Å². The number of benzene rings is 1. The highest BCUT2D eigenvalue weighted by Crippen LogP contribution is 2.24. The van der Waals surface area contributed by atoms with Gasteiger partial charge in [0.1, 0.15) is 0 Å². The molecule has 0 aliphatic carbocycles. The van der Waals surface area contributed by atoms with Gasteiger partial charge in [-0.05, 0) is 13.0 Å². The third kappa shape index (κ3) is 1.09. The molecule has 0 unspecified atom stereocenters. The Bertz CT molecular complexity index is 706. The zero-order chi connectivity index (χ0) is 10.4. The molecule has 3 rings (SSSR count). The van der Waals surface area contributed by atoms with Crippen LogP contribution in [0.3, 0.4) is 0 Å². The fourth-order valence-electron chi connectivity index (χ4n) is 2.02. The summed E-state index contributed by atoms with van der Waals surface area (Å²) in [5.41, 5.74) is 2.91. The van der Waals surface area contributed by atoms with Gasteiger partial charge in [-0.2, -0.15) is 0 Å². The van der Waals surface area contributed by atoms with E-state index in [1.54, 1.807) is 6.07 Å². The topological polar surface area (TPSA) is 48.6 Å². The van der Waals surface area contributed by atoms with E-state index in [1.165, 1.54) is 0 Å². The lowest BCUT2D eigenvalue weighted by Crippen LogP contribution is -2.04. The second-order valence-electron chi connectivity index (χ2n) is 3.72. The van der Waals surface area contributed by atoms with Crippen LogP contribution in [0.2, 0.25) is 0 Å². The van der Waals surface area contributed by atoms with Crippen molar-refractivity contribution in [2.75, 3.05) is 0 Å². The van der Waals surface area contributed by atoms with Crippen LogP contribution in [0.5, 0.6) is 0 Å². The van der Waals surface area contributed by atoms with Gasteiger partial charge in [-0.15, -0.1) is 0 Å². The van der Waals surface area contributed by atoms with Crippen LogP contribution in [0.15, 0.2) is 35.1 Å². The fraction of sp³-hybridized carbons (Fsp3) is 0.0833. The monoisotopic (exact) mass is 198 g/mol. The van der Waals surface area contributed by atoms with Gasteiger partial charge < -0.3 is 9.97 Å². The first-order valence-electron chi connectivity index (χ1n) is 4.86. The summed E-state index contributed by atoms with van der Waals surface area (Å²) >= 11 is 0. The minimum Gasteiger partial charge on any atom is -0.353 e. The minimum absolute atomic E-state index is 0.0512. The van der Waals surface area contributed by atoms with Crippen molar-refractivity contribution in [1.82, 2.24) is 9.97 Å². The SMILES string of the molecule is Cc1[nH]c(=O)cc2c1[nH]c1ccccc12. The summed E-state index contributed by atoms with van der Waals surface area (Å²) in [5, 5.41) is 2.09. The van der Waals surface area contributed by atoms with Crippen molar-refractivity contribution in [2.45, 2.75) is 6.92 Å². The number of aromatic amines is 2. The van der Waals surface area contributed by atoms with E-state index in [1.807, 2.05) is 31.2 Å². The average Bonchev–Trinajstić information content (AvgIpc) is 2.57. The smallest absolute Gasteiger partial charge is 0.248 e. The summed E-state index contributed by atoms with van der Waals surface area (Å²) in [6, 6.07) is 9.63. The second-order valence-corrected chi connectivity index (χ2v) is 3.72. The van der Waals surface area contributed by atoms with Gasteiger partial charge in [-0.25, -0.2) is 0 Å². The summed E-state index contributed by atoms with van der Waals surface area (Å²) < 4.78 is 0. The van der Waals surface area contributed by atoms with E-state index in [9.17, 15) is 4.79 Å². The summed E-state index contributed by atoms with van der Waals surface area (Å²) in [5.74, 6) is 0. The van der Waals surface area contributed by atoms with Gasteiger partial charge in [0.15, 0.2) is 0 Å². The van der Waals surface area contributed by atoms with Crippen LogP contribution in [-0.4, -0.2) is 9.97 Å². The predicted octanol–water partition coefficient (Wildman–Crippen LogP) is 2.32. The molecule has 0 spiro atoms. The van der Waals surface area contributed by atoms with Crippen LogP contribution in [0.1, 0.15) is 5.69 Å². The second kappa shape index (κ2) is 2.73. The van der Waals surface area contributed by atoms with E-state index in [2.05, 4.69) is 9.97 Å². The Balaban J connectivity index is 2.66. The summed E-state index contributed by atoms with van der Waals surface area (Å²) in [7, 11) is 0. The molecule has 3 aromatic rings. The molecular formula is C12H10N2O. The number of hydrogen-bond donors (Lipinski definition) is 2. The number of hydrogen-bond acceptors (Lipinski definition) is 1. The van der Waals surface area contributed by atoms with Gasteiger partial charge in [-0.3, -0.25) is 4.79 Å². The molecule has 0 saturated carbocycles. The van der Waals surface area contributed by atoms with Crippen molar-refractivity contribution >= 4 is 21.8 Å². The number of pyridine rings is 1. The molecule has 0 radical (unpaired) electrons. The first-order chi connectivity index (χ1) is 7.25. The molecule has 1 aromatic carbocycles. The highest BCUT2D eigenvalue weighted by Gasteiger charge is 2.06. The molecule has 0 atom stereocenters. The molecule has 2 N–H and O–H groups in total. The molecule has 0 amide bonds. The highest BCUT2D eigenvalue weighted by molar-refractivity contribution is 6.07. The maximum absolute atomic E-state index is 11.4. The Morgan fingerprint density at radius 1 is 1.07 bits per heavy atom. The van der Waals surface area contributed by atoms with Gasteiger partial charge in [0.05, 0.1) is 5.52 Å². The third-order valence-electron chi connectivity index (χ3n) is 2.71. The van der Waals surface area contributed by atoms with Crippen molar-refractivity contribution in [3.63, 3.8) is 0 Å². The van der Waals surface area contributed by atoms with Gasteiger partial charge in [0.25, 0.3) is 0 Å². The van der Waals surface area contributed by atoms with E-state index < -0.39 is 0 Å². The Kier molecular flexibility index (Phi) is 1.51. The average molecular weight is 198 g/mol. The molecule has 3 heteroatoms. The van der Waals surface area contributed by atoms with Crippen LogP contribution in [0, 0.1) is 6.92 Å². The van der Waals surface area contributed by atoms with E-state index >= 15 is 0 Å². The Hall–Kier alpha value is -2.03. The third-order valence-corrected chi connectivity index (χ3v) is 2.71. The fourth-order valence-corrected chi connectivity index (χ4v) is 2.02. The maximum atomic E-state index is 11.4. The standard InChI is InChI=1S/C12H10N2O/c1-7-12-9(6-11(15)13-7)8-4-2-3-5-10(8)14-12/h2-6,14H,1H3,(H,13,15).